The van der Waals surface area contributed by atoms with Crippen LogP contribution in [0.15, 0.2) is 66.3 Å². The van der Waals surface area contributed by atoms with Crippen LogP contribution in [0, 0.1) is 53.2 Å². The second-order valence-corrected chi connectivity index (χ2v) is 22.8. The molecule has 1 aliphatic carbocycles. The van der Waals surface area contributed by atoms with Crippen molar-refractivity contribution >= 4 is 35.4 Å². The van der Waals surface area contributed by atoms with Gasteiger partial charge in [-0.1, -0.05) is 84.1 Å². The van der Waals surface area contributed by atoms with Crippen LogP contribution >= 0.6 is 0 Å². The van der Waals surface area contributed by atoms with Crippen LogP contribution in [0.2, 0.25) is 0 Å². The first-order valence-electron chi connectivity index (χ1n) is 27.7. The van der Waals surface area contributed by atoms with Gasteiger partial charge in [-0.05, 0) is 100 Å². The number of cyclic esters (lactones) is 1. The van der Waals surface area contributed by atoms with Gasteiger partial charge in [-0.2, -0.15) is 0 Å². The first-order valence-corrected chi connectivity index (χ1v) is 27.7. The molecule has 4 aliphatic heterocycles. The number of aliphatic hydroxyl groups is 4. The molecule has 9 N–H and O–H groups in total. The molecule has 1 saturated carbocycles. The van der Waals surface area contributed by atoms with Gasteiger partial charge in [0.2, 0.25) is 17.7 Å². The quantitative estimate of drug-likeness (QED) is 0.0873. The molecule has 4 heterocycles. The van der Waals surface area contributed by atoms with E-state index in [0.29, 0.717) is 31.3 Å². The van der Waals surface area contributed by atoms with E-state index in [9.17, 15) is 58.7 Å². The van der Waals surface area contributed by atoms with Crippen LogP contribution in [-0.4, -0.2) is 127 Å². The van der Waals surface area contributed by atoms with E-state index in [2.05, 4.69) is 21.4 Å². The lowest BCUT2D eigenvalue weighted by atomic mass is 9.55. The Balaban J connectivity index is 1.19. The smallest absolute Gasteiger partial charge is 0.325 e. The highest BCUT2D eigenvalue weighted by Gasteiger charge is 2.67. The molecule has 0 aromatic heterocycles. The van der Waals surface area contributed by atoms with E-state index in [0.717, 1.165) is 42.5 Å². The van der Waals surface area contributed by atoms with Crippen LogP contribution in [0.4, 0.5) is 4.39 Å². The lowest BCUT2D eigenvalue weighted by molar-refractivity contribution is -0.320. The summed E-state index contributed by atoms with van der Waals surface area (Å²) in [5, 5.41) is 65.5. The number of Topliss-reactive ketones (excluding diaryl/α,β-unsaturated/α-hetero) is 1. The summed E-state index contributed by atoms with van der Waals surface area (Å²) < 4.78 is 27.7. The number of hydrazine groups is 1. The summed E-state index contributed by atoms with van der Waals surface area (Å²) in [6.07, 6.45) is 11.0. The fraction of sp³-hybridized carbons (Fsp3) is 0.655. The number of phenols is 1. The van der Waals surface area contributed by atoms with Crippen LogP contribution in [0.25, 0.3) is 0 Å². The van der Waals surface area contributed by atoms with Crippen molar-refractivity contribution in [2.45, 2.75) is 186 Å². The minimum Gasteiger partial charge on any atom is -0.508 e. The number of amides is 4. The Morgan fingerprint density at radius 3 is 2.39 bits per heavy atom. The fourth-order valence-electron chi connectivity index (χ4n) is 11.5. The molecule has 4 amide bonds. The number of piperidine rings is 1. The molecule has 5 aliphatic rings. The molecule has 4 fully saturated rings. The Morgan fingerprint density at radius 2 is 1.70 bits per heavy atom. The molecule has 1 aromatic rings. The van der Waals surface area contributed by atoms with Crippen LogP contribution in [0.1, 0.15) is 138 Å². The number of phenolic OH excluding ortho intramolecular Hbond substituents is 1. The number of benzene rings is 1. The number of hydrogen-bond donors (Lipinski definition) is 9. The molecule has 1 spiro atoms. The number of esters is 1. The van der Waals surface area contributed by atoms with E-state index >= 15 is 0 Å². The Bertz CT molecular complexity index is 2370. The normalized spacial score (nSPS) is 35.6. The van der Waals surface area contributed by atoms with Gasteiger partial charge >= 0.3 is 5.97 Å². The van der Waals surface area contributed by atoms with Gasteiger partial charge < -0.3 is 55.8 Å². The molecule has 3 saturated heterocycles. The zero-order chi connectivity index (χ0) is 56.5. The number of carbonyl (C=O) groups excluding carboxylic acids is 6. The van der Waals surface area contributed by atoms with Crippen LogP contribution in [0.3, 0.4) is 0 Å². The van der Waals surface area contributed by atoms with Crippen molar-refractivity contribution in [2.24, 2.45) is 47.3 Å². The van der Waals surface area contributed by atoms with E-state index in [1.54, 1.807) is 45.9 Å². The van der Waals surface area contributed by atoms with Crippen molar-refractivity contribution in [3.05, 3.63) is 77.7 Å². The van der Waals surface area contributed by atoms with Crippen molar-refractivity contribution in [1.29, 1.82) is 0 Å². The number of ether oxygens (including phenoxy) is 2. The third kappa shape index (κ3) is 14.9. The van der Waals surface area contributed by atoms with Gasteiger partial charge in [0.1, 0.15) is 47.3 Å². The Morgan fingerprint density at radius 1 is 0.961 bits per heavy atom. The second kappa shape index (κ2) is 27.0. The monoisotopic (exact) mass is 1080 g/mol. The lowest BCUT2D eigenvalue weighted by Crippen LogP contribution is -2.78. The van der Waals surface area contributed by atoms with E-state index in [-0.39, 0.29) is 79.1 Å². The van der Waals surface area contributed by atoms with Crippen molar-refractivity contribution in [3.8, 4) is 5.75 Å². The molecule has 426 valence electrons. The molecule has 17 atom stereocenters. The van der Waals surface area contributed by atoms with E-state index in [1.165, 1.54) is 13.0 Å². The summed E-state index contributed by atoms with van der Waals surface area (Å²) >= 11 is 0. The molecule has 2 unspecified atom stereocenters. The molecule has 1 aromatic carbocycles. The number of halogens is 1. The summed E-state index contributed by atoms with van der Waals surface area (Å²) in [7, 11) is 0. The first kappa shape index (κ1) is 60.9. The highest BCUT2D eigenvalue weighted by Crippen LogP contribution is 2.57. The predicted octanol–water partition coefficient (Wildman–Crippen LogP) is 5.04. The molecule has 6 rings (SSSR count). The third-order valence-corrected chi connectivity index (χ3v) is 16.8. The summed E-state index contributed by atoms with van der Waals surface area (Å²) in [6, 6.07) is -1.05. The summed E-state index contributed by atoms with van der Waals surface area (Å²) in [5.74, 6) is -8.06. The van der Waals surface area contributed by atoms with Crippen LogP contribution in [-0.2, 0) is 38.2 Å². The van der Waals surface area contributed by atoms with E-state index in [4.69, 9.17) is 9.47 Å². The molecular weight excluding hydrogens is 994 g/mol. The number of aliphatic hydroxyl groups excluding tert-OH is 4. The zero-order valence-electron chi connectivity index (χ0n) is 45.9. The van der Waals surface area contributed by atoms with Gasteiger partial charge in [0.25, 0.3) is 5.91 Å². The van der Waals surface area contributed by atoms with Crippen LogP contribution in [0.5, 0.6) is 5.75 Å². The lowest BCUT2D eigenvalue weighted by Gasteiger charge is -2.65. The van der Waals surface area contributed by atoms with Gasteiger partial charge in [-0.25, -0.2) is 9.82 Å². The molecule has 0 radical (unpaired) electrons. The zero-order valence-corrected chi connectivity index (χ0v) is 45.9. The fourth-order valence-corrected chi connectivity index (χ4v) is 11.5. The van der Waals surface area contributed by atoms with E-state index < -0.39 is 113 Å². The Kier molecular flexibility index (Phi) is 21.4. The minimum absolute atomic E-state index is 0.0410. The number of hydrogen-bond acceptors (Lipinski definition) is 14. The summed E-state index contributed by atoms with van der Waals surface area (Å²) in [5.41, 5.74) is 2.60. The highest BCUT2D eigenvalue weighted by atomic mass is 19.1. The number of allylic oxidation sites excluding steroid dienone is 5. The first-order chi connectivity index (χ1) is 36.5. The number of carbonyl (C=O) groups is 6. The Hall–Kier alpha value is -5.31. The highest BCUT2D eigenvalue weighted by molar-refractivity contribution is 5.93. The summed E-state index contributed by atoms with van der Waals surface area (Å²) in [6.45, 7) is 14.0. The van der Waals surface area contributed by atoms with Crippen molar-refractivity contribution in [2.75, 3.05) is 6.54 Å². The molecule has 18 nitrogen and oxygen atoms in total. The third-order valence-electron chi connectivity index (χ3n) is 16.8. The Labute approximate surface area is 452 Å². The van der Waals surface area contributed by atoms with Crippen molar-refractivity contribution in [1.82, 2.24) is 26.4 Å². The van der Waals surface area contributed by atoms with Gasteiger partial charge in [-0.3, -0.25) is 29.0 Å². The average Bonchev–Trinajstić information content (AvgIpc) is 3.37. The molecular formula is C58H84FN5O13. The number of nitrogens with one attached hydrogen (secondary N) is 4. The topological polar surface area (TPSA) is 273 Å². The van der Waals surface area contributed by atoms with Gasteiger partial charge in [-0.15, -0.1) is 0 Å². The standard InChI is InChI=1S/C58H84FN5O13/c1-9-37-25-39-28-43-52(70)36(8)48(77-58(39,43)62-53(37)71)30-46(68)32(4)17-12-10-13-18-33(5)47-21-15-11-14-20-45(67)35(7)51(69)42(23-22-34(6)65)54(72)60-49(31(2)3)55(73)61-50(38-26-40(59)29-41(66)27-38)56(74)64-24-16-19-44(63-64)57(75)76-47/h10-11,13-15,18,20,26-27,29,31-32,35-37,39,42-52,63,66-70H,9,12,16-17,19,21-25,28,30H2,1-8H3,(H,60,72)(H,61,73)(H,62,71)/b13-10+,15-11+,20-14+,33-18+/t32-,35-,36-,37-,39+,42+,43-,44?,45-,46-,47-,48-,49-,50?,51+,52-,58+/m0/s1. The van der Waals surface area contributed by atoms with Gasteiger partial charge in [0, 0.05) is 61.5 Å². The average molecular weight is 1080 g/mol. The van der Waals surface area contributed by atoms with E-state index in [1.807, 2.05) is 39.0 Å². The molecule has 77 heavy (non-hydrogen) atoms. The largest absolute Gasteiger partial charge is 0.508 e. The predicted molar refractivity (Wildman–Crippen MR) is 284 cm³/mol. The molecule has 2 bridgehead atoms. The number of rotatable bonds is 14. The minimum atomic E-state index is -1.63. The SMILES string of the molecule is CC[C@H]1C[C@@H]2C[C@H]3[C@@H](O)[C@@H](C)[C@H](C[C@H](O)[C@@H](C)CC/C=C/C=C(\C)[C@@H]4C/C=C/C=C/[C@H](O)[C@H](C)[C@@H](O)[C@@H](CCC(C)=O)C(=O)N[C@@H](C(C)C)C(=O)NC(c5cc(O)cc(F)c5)C(=O)N5CCCC(N5)C(=O)O4)O[C@]23NC1=O. The van der Waals surface area contributed by atoms with Crippen molar-refractivity contribution < 1.29 is 68.2 Å². The maximum atomic E-state index is 14.9. The number of aromatic hydroxyl groups is 1. The second-order valence-electron chi connectivity index (χ2n) is 22.8. The maximum Gasteiger partial charge on any atom is 0.325 e. The maximum absolute atomic E-state index is 14.9. The summed E-state index contributed by atoms with van der Waals surface area (Å²) in [4.78, 5) is 81.9. The van der Waals surface area contributed by atoms with Gasteiger partial charge in [0.05, 0.1) is 36.4 Å². The number of ketones is 1. The number of fused-ring (bicyclic) bond motifs is 2. The molecule has 19 heteroatoms. The van der Waals surface area contributed by atoms with Gasteiger partial charge in [0.15, 0.2) is 0 Å². The van der Waals surface area contributed by atoms with Crippen LogP contribution < -0.4 is 21.4 Å². The number of nitrogens with zero attached hydrogens (tertiary/aromatic N) is 1. The van der Waals surface area contributed by atoms with Crippen molar-refractivity contribution in [3.63, 3.8) is 0 Å².